The number of benzene rings is 5. The number of rotatable bonds is 18. The number of nitrogens with one attached hydrogen (secondary N) is 2. The molecule has 5 aromatic carbocycles. The van der Waals surface area contributed by atoms with Gasteiger partial charge in [-0.2, -0.15) is 0 Å². The van der Waals surface area contributed by atoms with E-state index in [0.29, 0.717) is 57.3 Å². The van der Waals surface area contributed by atoms with Crippen LogP contribution in [0.5, 0.6) is 11.5 Å². The summed E-state index contributed by atoms with van der Waals surface area (Å²) in [6.45, 7) is 3.57. The highest BCUT2D eigenvalue weighted by Gasteiger charge is 2.36. The van der Waals surface area contributed by atoms with E-state index < -0.39 is 19.6 Å². The first-order valence-corrected chi connectivity index (χ1v) is 25.2. The predicted octanol–water partition coefficient (Wildman–Crippen LogP) is 8.81. The molecule has 0 saturated heterocycles. The summed E-state index contributed by atoms with van der Waals surface area (Å²) in [6, 6.07) is 22.6. The second kappa shape index (κ2) is 21.5. The van der Waals surface area contributed by atoms with Crippen LogP contribution in [0.1, 0.15) is 66.2 Å². The van der Waals surface area contributed by atoms with Gasteiger partial charge in [-0.05, 0) is 70.6 Å². The third kappa shape index (κ3) is 11.1. The van der Waals surface area contributed by atoms with Gasteiger partial charge < -0.3 is 30.1 Å². The van der Waals surface area contributed by atoms with Crippen LogP contribution in [0.25, 0.3) is 33.7 Å². The third-order valence-electron chi connectivity index (χ3n) is 12.5. The van der Waals surface area contributed by atoms with E-state index in [-0.39, 0.29) is 66.4 Å². The molecule has 0 bridgehead atoms. The van der Waals surface area contributed by atoms with Crippen molar-refractivity contribution in [3.8, 4) is 11.5 Å². The van der Waals surface area contributed by atoms with Gasteiger partial charge in [-0.1, -0.05) is 79.2 Å². The number of nitrogens with zero attached hydrogens (tertiary/aromatic N) is 3. The minimum Gasteiger partial charge on any atom is -0.507 e. The smallest absolute Gasteiger partial charge is 0.507 e. The number of fused-ring (bicyclic) bond motifs is 6. The number of anilines is 3. The summed E-state index contributed by atoms with van der Waals surface area (Å²) >= 11 is 12.9. The molecule has 5 aromatic rings. The van der Waals surface area contributed by atoms with Crippen LogP contribution in [-0.2, 0) is 23.7 Å². The SMILES string of the molecule is O=C(CCCCCN1CC=CC1)NCCC(=O)Nc1cc(/C=C/C(=O)N2C[C@@H](CCl)c3c2cc(O)c2ccccc32)ccc1/C=C/C(=O)N1C[C@@H](CCl)c2c1cc(OP(=O)(O)O)c1ccccc21. The van der Waals surface area contributed by atoms with Crippen molar-refractivity contribution in [1.29, 1.82) is 0 Å². The van der Waals surface area contributed by atoms with Crippen LogP contribution in [0.15, 0.2) is 103 Å². The van der Waals surface area contributed by atoms with Gasteiger partial charge in [0.1, 0.15) is 11.5 Å². The molecule has 0 fully saturated rings. The number of amides is 4. The zero-order valence-corrected chi connectivity index (χ0v) is 39.6. The molecule has 0 aliphatic carbocycles. The fourth-order valence-corrected chi connectivity index (χ4v) is 10.2. The Hall–Kier alpha value is -5.99. The molecule has 5 N–H and O–H groups in total. The molecule has 0 radical (unpaired) electrons. The number of phenols is 1. The highest BCUT2D eigenvalue weighted by atomic mass is 35.5. The Kier molecular flexibility index (Phi) is 15.3. The Balaban J connectivity index is 1.01. The van der Waals surface area contributed by atoms with Gasteiger partial charge in [0.05, 0.1) is 11.4 Å². The lowest BCUT2D eigenvalue weighted by Gasteiger charge is -2.18. The summed E-state index contributed by atoms with van der Waals surface area (Å²) in [5, 5.41) is 19.2. The molecule has 14 nitrogen and oxygen atoms in total. The largest absolute Gasteiger partial charge is 0.524 e. The van der Waals surface area contributed by atoms with Crippen LogP contribution in [0.2, 0.25) is 0 Å². The van der Waals surface area contributed by atoms with Crippen LogP contribution in [0.3, 0.4) is 0 Å². The lowest BCUT2D eigenvalue weighted by molar-refractivity contribution is -0.121. The van der Waals surface area contributed by atoms with Gasteiger partial charge in [0.25, 0.3) is 11.8 Å². The van der Waals surface area contributed by atoms with Gasteiger partial charge in [-0.25, -0.2) is 4.57 Å². The minimum atomic E-state index is -4.96. The molecule has 17 heteroatoms. The first-order chi connectivity index (χ1) is 32.8. The number of phosphoric acid groups is 1. The fourth-order valence-electron chi connectivity index (χ4n) is 9.27. The molecule has 68 heavy (non-hydrogen) atoms. The van der Waals surface area contributed by atoms with E-state index in [1.807, 2.05) is 24.3 Å². The van der Waals surface area contributed by atoms with Crippen LogP contribution in [0.4, 0.5) is 17.1 Å². The summed E-state index contributed by atoms with van der Waals surface area (Å²) in [7, 11) is -4.96. The van der Waals surface area contributed by atoms with E-state index in [1.165, 1.54) is 23.1 Å². The highest BCUT2D eigenvalue weighted by molar-refractivity contribution is 7.46. The molecule has 2 atom stereocenters. The first kappa shape index (κ1) is 48.5. The van der Waals surface area contributed by atoms with Crippen molar-refractivity contribution < 1.29 is 43.2 Å². The minimum absolute atomic E-state index is 0.0245. The maximum Gasteiger partial charge on any atom is 0.524 e. The number of carbonyl (C=O) groups excluding carboxylic acids is 4. The quantitative estimate of drug-likeness (QED) is 0.0187. The zero-order chi connectivity index (χ0) is 48.0. The number of hydrogen-bond acceptors (Lipinski definition) is 8. The number of halogens is 2. The van der Waals surface area contributed by atoms with Crippen LogP contribution in [0, 0.1) is 0 Å². The van der Waals surface area contributed by atoms with Gasteiger partial charge >= 0.3 is 7.82 Å². The maximum absolute atomic E-state index is 14.1. The molecule has 0 aromatic heterocycles. The molecule has 0 spiro atoms. The topological polar surface area (TPSA) is 189 Å². The van der Waals surface area contributed by atoms with E-state index in [1.54, 1.807) is 65.6 Å². The number of alkyl halides is 2. The third-order valence-corrected chi connectivity index (χ3v) is 13.7. The monoisotopic (exact) mass is 979 g/mol. The number of aromatic hydroxyl groups is 1. The molecule has 3 heterocycles. The maximum atomic E-state index is 14.1. The van der Waals surface area contributed by atoms with Gasteiger partial charge in [0.15, 0.2) is 0 Å². The van der Waals surface area contributed by atoms with Crippen molar-refractivity contribution >= 4 is 105 Å². The van der Waals surface area contributed by atoms with Crippen molar-refractivity contribution in [1.82, 2.24) is 10.2 Å². The number of hydrogen-bond donors (Lipinski definition) is 5. The van der Waals surface area contributed by atoms with Crippen molar-refractivity contribution in [3.63, 3.8) is 0 Å². The van der Waals surface area contributed by atoms with E-state index in [9.17, 15) is 38.6 Å². The average molecular weight is 981 g/mol. The normalized spacial score (nSPS) is 16.9. The molecule has 3 aliphatic heterocycles. The molecular weight excluding hydrogens is 928 g/mol. The lowest BCUT2D eigenvalue weighted by atomic mass is 9.95. The Bertz CT molecular complexity index is 2890. The summed E-state index contributed by atoms with van der Waals surface area (Å²) in [6.07, 6.45) is 13.3. The Morgan fingerprint density at radius 3 is 1.97 bits per heavy atom. The van der Waals surface area contributed by atoms with Crippen molar-refractivity contribution in [2.75, 3.05) is 66.1 Å². The molecule has 8 rings (SSSR count). The van der Waals surface area contributed by atoms with Gasteiger partial charge in [-0.15, -0.1) is 23.2 Å². The zero-order valence-electron chi connectivity index (χ0n) is 37.2. The molecule has 0 saturated carbocycles. The molecule has 3 aliphatic rings. The van der Waals surface area contributed by atoms with Crippen molar-refractivity contribution in [2.45, 2.75) is 43.9 Å². The van der Waals surface area contributed by atoms with Crippen LogP contribution < -0.4 is 25.0 Å². The van der Waals surface area contributed by atoms with Crippen molar-refractivity contribution in [3.05, 3.63) is 125 Å². The summed E-state index contributed by atoms with van der Waals surface area (Å²) < 4.78 is 17.1. The van der Waals surface area contributed by atoms with E-state index >= 15 is 0 Å². The van der Waals surface area contributed by atoms with E-state index in [2.05, 4.69) is 27.7 Å². The van der Waals surface area contributed by atoms with Crippen molar-refractivity contribution in [2.24, 2.45) is 0 Å². The Morgan fingerprint density at radius 1 is 0.721 bits per heavy atom. The standard InChI is InChI=1S/C51H52Cl2N5O9P/c52-29-35-31-57(42-27-44(59)37-10-3-5-12-39(37)50(35)42)48(62)19-16-33-15-17-34(41(26-33)55-47(61)21-22-54-46(60)14-2-1-7-23-56-24-8-9-25-56)18-20-49(63)58-32-36(30-53)51-40-13-6-4-11-38(40)45(28-43(51)58)67-68(64,65)66/h3-6,8-13,15-20,26-28,35-36,59H,1-2,7,14,21-25,29-32H2,(H,54,60)(H,55,61)(H2,64,65,66)/b19-16+,20-18+/t35-,36-/m1/s1. The summed E-state index contributed by atoms with van der Waals surface area (Å²) in [5.41, 5.74) is 3.98. The highest BCUT2D eigenvalue weighted by Crippen LogP contribution is 2.49. The van der Waals surface area contributed by atoms with Gasteiger partial charge in [-0.3, -0.25) is 33.9 Å². The molecule has 4 amide bonds. The first-order valence-electron chi connectivity index (χ1n) is 22.6. The number of phenolic OH excluding ortho intramolecular Hbond substituents is 1. The summed E-state index contributed by atoms with van der Waals surface area (Å²) in [5.74, 6) is -1.34. The van der Waals surface area contributed by atoms with Gasteiger partial charge in [0.2, 0.25) is 11.8 Å². The van der Waals surface area contributed by atoms with E-state index in [0.717, 1.165) is 55.4 Å². The number of phosphoric ester groups is 1. The molecule has 354 valence electrons. The second-order valence-electron chi connectivity index (χ2n) is 17.1. The van der Waals surface area contributed by atoms with E-state index in [4.69, 9.17) is 27.7 Å². The number of carbonyl (C=O) groups is 4. The summed E-state index contributed by atoms with van der Waals surface area (Å²) in [4.78, 5) is 78.8. The number of unbranched alkanes of at least 4 members (excludes halogenated alkanes) is 2. The second-order valence-corrected chi connectivity index (χ2v) is 18.9. The Morgan fingerprint density at radius 2 is 1.32 bits per heavy atom. The predicted molar refractivity (Wildman–Crippen MR) is 269 cm³/mol. The fraction of sp³-hybridized carbons (Fsp3) is 0.294. The molecule has 0 unspecified atom stereocenters. The molecular formula is C51H52Cl2N5O9P. The van der Waals surface area contributed by atoms with Crippen LogP contribution in [-0.4, -0.2) is 94.5 Å². The van der Waals surface area contributed by atoms with Crippen LogP contribution >= 0.6 is 31.0 Å². The average Bonchev–Trinajstić information content (AvgIpc) is 4.08. The van der Waals surface area contributed by atoms with Gasteiger partial charge in [0, 0.05) is 110 Å². The lowest BCUT2D eigenvalue weighted by Crippen LogP contribution is -2.28. The Labute approximate surface area is 404 Å².